The molecule has 0 aliphatic carbocycles. The molecule has 1 aliphatic heterocycles. The van der Waals surface area contributed by atoms with E-state index in [1.165, 1.54) is 0 Å². The Balaban J connectivity index is 0.00000238. The number of aryl methyl sites for hydroxylation is 8. The molecule has 12 heteroatoms. The summed E-state index contributed by atoms with van der Waals surface area (Å²) in [6, 6.07) is 16.0. The van der Waals surface area contributed by atoms with Crippen LogP contribution in [0.5, 0.6) is 23.0 Å². The number of benzene rings is 4. The summed E-state index contributed by atoms with van der Waals surface area (Å²) in [6.07, 6.45) is 0. The Hall–Kier alpha value is -2.91. The minimum Gasteiger partial charge on any atom is -0.872 e. The maximum absolute atomic E-state index is 13.3. The van der Waals surface area contributed by atoms with Gasteiger partial charge in [0.15, 0.2) is 0 Å². The quantitative estimate of drug-likeness (QED) is 0.200. The van der Waals surface area contributed by atoms with Crippen LogP contribution in [0.15, 0.2) is 48.5 Å². The zero-order valence-corrected chi connectivity index (χ0v) is 39.4. The molecule has 5 rings (SSSR count). The molecule has 11 nitrogen and oxygen atoms in total. The molecule has 0 bridgehead atoms. The first kappa shape index (κ1) is 54.1. The fraction of sp³-hybridized carbons (Fsp3) is 0.489. The second kappa shape index (κ2) is 27.1. The molecule has 1 fully saturated rings. The molecule has 0 saturated carbocycles. The summed E-state index contributed by atoms with van der Waals surface area (Å²) in [5.74, 6) is 0.615. The number of nitrogens with zero attached hydrogens (tertiary/aromatic N) is 4. The maximum atomic E-state index is 13.3. The summed E-state index contributed by atoms with van der Waals surface area (Å²) in [6.45, 7) is 23.8. The number of phenols is 1. The molecule has 4 aromatic carbocycles. The third-order valence-electron chi connectivity index (χ3n) is 10.5. The predicted molar refractivity (Wildman–Crippen MR) is 229 cm³/mol. The first-order valence-electron chi connectivity index (χ1n) is 20.0. The second-order valence-corrected chi connectivity index (χ2v) is 15.4. The Kier molecular flexibility index (Phi) is 24.9. The van der Waals surface area contributed by atoms with Gasteiger partial charge in [0.1, 0.15) is 5.75 Å². The van der Waals surface area contributed by atoms with Gasteiger partial charge in [-0.2, -0.15) is 0 Å². The van der Waals surface area contributed by atoms with Gasteiger partial charge in [0, 0.05) is 105 Å². The van der Waals surface area contributed by atoms with Gasteiger partial charge in [-0.15, -0.1) is 17.2 Å². The number of aliphatic hydroxyl groups is 3. The van der Waals surface area contributed by atoms with Gasteiger partial charge in [-0.25, -0.2) is 0 Å². The molecular weight excluding hydrogens is 891 g/mol. The van der Waals surface area contributed by atoms with Crippen molar-refractivity contribution in [1.82, 2.24) is 19.6 Å². The summed E-state index contributed by atoms with van der Waals surface area (Å²) in [5.41, 5.74) is 10.8. The molecule has 0 amide bonds. The van der Waals surface area contributed by atoms with Gasteiger partial charge < -0.3 is 35.7 Å². The topological polar surface area (TPSA) is 163 Å². The minimum absolute atomic E-state index is 0. The van der Waals surface area contributed by atoms with Crippen LogP contribution in [0.4, 0.5) is 0 Å². The van der Waals surface area contributed by atoms with E-state index < -0.39 is 0 Å². The van der Waals surface area contributed by atoms with E-state index in [2.05, 4.69) is 32.6 Å². The molecular formula is C47H69N4O7Tb. The zero-order chi connectivity index (χ0) is 43.7. The average Bonchev–Trinajstić information content (AvgIpc) is 3.19. The van der Waals surface area contributed by atoms with Crippen molar-refractivity contribution in [2.45, 2.75) is 81.6 Å². The Bertz CT molecular complexity index is 1600. The van der Waals surface area contributed by atoms with Crippen molar-refractivity contribution in [2.24, 2.45) is 0 Å². The monoisotopic (exact) mass is 960 g/mol. The molecule has 0 radical (unpaired) electrons. The van der Waals surface area contributed by atoms with Gasteiger partial charge in [-0.3, -0.25) is 19.6 Å². The fourth-order valence-corrected chi connectivity index (χ4v) is 7.82. The number of hydrogen-bond acceptors (Lipinski definition) is 11. The second-order valence-electron chi connectivity index (χ2n) is 15.4. The zero-order valence-electron chi connectivity index (χ0n) is 37.2. The molecule has 1 aliphatic rings. The molecule has 4 aromatic rings. The molecule has 0 atom stereocenters. The molecule has 0 spiro atoms. The van der Waals surface area contributed by atoms with Crippen molar-refractivity contribution in [3.05, 3.63) is 115 Å². The predicted octanol–water partition coefficient (Wildman–Crippen LogP) is 4.23. The summed E-state index contributed by atoms with van der Waals surface area (Å²) < 4.78 is 0. The normalized spacial score (nSPS) is 14.5. The number of aromatic hydroxyl groups is 1. The van der Waals surface area contributed by atoms with Crippen LogP contribution in [0.2, 0.25) is 0 Å². The van der Waals surface area contributed by atoms with Crippen molar-refractivity contribution in [3.8, 4) is 23.0 Å². The fourth-order valence-electron chi connectivity index (χ4n) is 7.82. The van der Waals surface area contributed by atoms with Crippen LogP contribution in [-0.4, -0.2) is 114 Å². The Morgan fingerprint density at radius 3 is 0.831 bits per heavy atom. The van der Waals surface area contributed by atoms with Crippen molar-refractivity contribution in [3.63, 3.8) is 0 Å². The number of phenolic OH excluding ortho intramolecular Hbond substituents is 1. The van der Waals surface area contributed by atoms with Gasteiger partial charge in [0.2, 0.25) is 0 Å². The van der Waals surface area contributed by atoms with Crippen LogP contribution in [-0.2, 0) is 26.2 Å². The maximum Gasteiger partial charge on any atom is 3.00 e. The van der Waals surface area contributed by atoms with E-state index in [0.717, 1.165) is 127 Å². The molecule has 59 heavy (non-hydrogen) atoms. The van der Waals surface area contributed by atoms with Crippen molar-refractivity contribution in [2.75, 3.05) is 73.7 Å². The van der Waals surface area contributed by atoms with Gasteiger partial charge in [-0.05, 0) is 77.6 Å². The van der Waals surface area contributed by atoms with E-state index in [1.807, 2.05) is 90.9 Å². The SMILES string of the molecule is CO.CO.CO.Cc1cc(C)c([O-])c(CN2CCN(Cc3cc(C)cc(C)c3[O-])CCN(Cc3cc(C)cc(C)c3O)CCN(Cc3cc(C)cc(C)c3[O-])CC2)c1.[Tb+3]. The molecule has 4 N–H and O–H groups in total. The van der Waals surface area contributed by atoms with Crippen LogP contribution >= 0.6 is 0 Å². The third kappa shape index (κ3) is 16.5. The van der Waals surface area contributed by atoms with E-state index in [9.17, 15) is 20.4 Å². The first-order valence-corrected chi connectivity index (χ1v) is 20.0. The Morgan fingerprint density at radius 1 is 0.373 bits per heavy atom. The van der Waals surface area contributed by atoms with Gasteiger partial charge in [0.25, 0.3) is 0 Å². The molecule has 0 unspecified atom stereocenters. The average molecular weight is 961 g/mol. The summed E-state index contributed by atoms with van der Waals surface area (Å²) in [5, 5.41) is 72.0. The van der Waals surface area contributed by atoms with Crippen LogP contribution in [0.1, 0.15) is 66.8 Å². The van der Waals surface area contributed by atoms with Crippen molar-refractivity contribution >= 4 is 0 Å². The van der Waals surface area contributed by atoms with Gasteiger partial charge in [0.05, 0.1) is 0 Å². The van der Waals surface area contributed by atoms with Gasteiger partial charge >= 0.3 is 38.6 Å². The number of aliphatic hydroxyl groups excluding tert-OH is 3. The van der Waals surface area contributed by atoms with Crippen LogP contribution in [0.3, 0.4) is 0 Å². The van der Waals surface area contributed by atoms with E-state index >= 15 is 0 Å². The van der Waals surface area contributed by atoms with Crippen LogP contribution in [0.25, 0.3) is 0 Å². The van der Waals surface area contributed by atoms with Crippen LogP contribution in [0, 0.1) is 94.0 Å². The number of hydrogen-bond donors (Lipinski definition) is 4. The Labute approximate surface area is 385 Å². The van der Waals surface area contributed by atoms with Crippen LogP contribution < -0.4 is 15.3 Å². The van der Waals surface area contributed by atoms with Gasteiger partial charge in [-0.1, -0.05) is 87.5 Å². The smallest absolute Gasteiger partial charge is 0.872 e. The van der Waals surface area contributed by atoms with Crippen molar-refractivity contribution < 1.29 is 74.4 Å². The molecule has 1 heterocycles. The number of rotatable bonds is 8. The summed E-state index contributed by atoms with van der Waals surface area (Å²) in [4.78, 5) is 9.50. The molecule has 0 aromatic heterocycles. The van der Waals surface area contributed by atoms with E-state index in [-0.39, 0.29) is 55.9 Å². The third-order valence-corrected chi connectivity index (χ3v) is 10.5. The first-order chi connectivity index (χ1) is 27.7. The van der Waals surface area contributed by atoms with E-state index in [1.54, 1.807) is 0 Å². The molecule has 328 valence electrons. The minimum atomic E-state index is 0. The summed E-state index contributed by atoms with van der Waals surface area (Å²) >= 11 is 0. The van der Waals surface area contributed by atoms with E-state index in [4.69, 9.17) is 15.3 Å². The van der Waals surface area contributed by atoms with Crippen molar-refractivity contribution in [1.29, 1.82) is 0 Å². The largest absolute Gasteiger partial charge is 3.00 e. The Morgan fingerprint density at radius 2 is 0.576 bits per heavy atom. The van der Waals surface area contributed by atoms with E-state index in [0.29, 0.717) is 45.0 Å². The summed E-state index contributed by atoms with van der Waals surface area (Å²) in [7, 11) is 3.00. The molecule has 1 saturated heterocycles. The standard InChI is InChI=1S/C44H60N4O4.3CH4O.Tb/c1-29-17-33(5)41(49)37(21-29)25-45-9-11-46(26-38-22-30(2)18-34(6)42(38)50)13-15-48(28-40-24-32(4)20-36(8)44(40)52)16-14-47(12-10-45)27-39-23-31(3)19-35(7)43(39)51;3*1-2;/h17-24,49-52H,9-16,25-28H2,1-8H3;3*2H,1H3;/q;;;;+3/p-3.